The van der Waals surface area contributed by atoms with Gasteiger partial charge in [0, 0.05) is 12.6 Å². The van der Waals surface area contributed by atoms with Crippen molar-refractivity contribution in [2.75, 3.05) is 6.61 Å². The van der Waals surface area contributed by atoms with Gasteiger partial charge in [-0.1, -0.05) is 0 Å². The first-order valence-electron chi connectivity index (χ1n) is 6.46. The van der Waals surface area contributed by atoms with Crippen molar-refractivity contribution in [3.8, 4) is 0 Å². The van der Waals surface area contributed by atoms with Gasteiger partial charge in [0.25, 0.3) is 0 Å². The van der Waals surface area contributed by atoms with Crippen LogP contribution in [0.25, 0.3) is 0 Å². The number of nitrogens with two attached hydrogens (primary N) is 1. The van der Waals surface area contributed by atoms with Gasteiger partial charge in [0.15, 0.2) is 11.5 Å². The lowest BCUT2D eigenvalue weighted by Crippen LogP contribution is -2.55. The van der Waals surface area contributed by atoms with Crippen LogP contribution >= 0.6 is 0 Å². The summed E-state index contributed by atoms with van der Waals surface area (Å²) >= 11 is 0. The highest BCUT2D eigenvalue weighted by Gasteiger charge is 2.45. The van der Waals surface area contributed by atoms with Crippen LogP contribution in [0.2, 0.25) is 0 Å². The maximum Gasteiger partial charge on any atom is 0.163 e. The topological polar surface area (TPSA) is 109 Å². The Morgan fingerprint density at radius 3 is 3.05 bits per heavy atom. The molecule has 0 bridgehead atoms. The van der Waals surface area contributed by atoms with E-state index in [2.05, 4.69) is 9.98 Å². The van der Waals surface area contributed by atoms with Crippen LogP contribution in [0.4, 0.5) is 5.82 Å². The van der Waals surface area contributed by atoms with Gasteiger partial charge in [-0.15, -0.1) is 0 Å². The second kappa shape index (κ2) is 3.89. The highest BCUT2D eigenvalue weighted by molar-refractivity contribution is 5.71. The molecule has 0 radical (unpaired) electrons. The van der Waals surface area contributed by atoms with E-state index < -0.39 is 24.1 Å². The minimum absolute atomic E-state index is 0.213. The van der Waals surface area contributed by atoms with Gasteiger partial charge in [-0.05, 0) is 6.08 Å². The van der Waals surface area contributed by atoms with E-state index in [0.717, 1.165) is 0 Å². The third-order valence-corrected chi connectivity index (χ3v) is 4.06. The summed E-state index contributed by atoms with van der Waals surface area (Å²) in [7, 11) is 0. The molecule has 0 saturated carbocycles. The van der Waals surface area contributed by atoms with Crippen LogP contribution in [-0.4, -0.2) is 49.8 Å². The first-order chi connectivity index (χ1) is 9.63. The molecule has 3 aliphatic rings. The quantitative estimate of drug-likeness (QED) is 0.649. The molecule has 4 N–H and O–H groups in total. The Balaban J connectivity index is 1.70. The number of aliphatic hydroxyl groups excluding tert-OH is 2. The second-order valence-electron chi connectivity index (χ2n) is 5.23. The first-order valence-corrected chi connectivity index (χ1v) is 6.46. The molecule has 0 aliphatic carbocycles. The molecular formula is C12H15N5O3. The third kappa shape index (κ3) is 1.39. The highest BCUT2D eigenvalue weighted by atomic mass is 16.5. The zero-order valence-electron chi connectivity index (χ0n) is 10.6. The summed E-state index contributed by atoms with van der Waals surface area (Å²) in [6, 6.07) is 0. The van der Waals surface area contributed by atoms with Crippen molar-refractivity contribution in [3.05, 3.63) is 24.3 Å². The lowest BCUT2D eigenvalue weighted by atomic mass is 9.99. The Labute approximate surface area is 114 Å². The van der Waals surface area contributed by atoms with E-state index in [1.807, 2.05) is 12.3 Å². The summed E-state index contributed by atoms with van der Waals surface area (Å²) in [6.45, 7) is -0.213. The summed E-state index contributed by atoms with van der Waals surface area (Å²) in [4.78, 5) is 10.5. The normalized spacial score (nSPS) is 37.8. The van der Waals surface area contributed by atoms with Crippen molar-refractivity contribution in [1.29, 1.82) is 0 Å². The number of ether oxygens (including phenoxy) is 1. The number of aliphatic hydroxyl groups is 2. The Bertz CT molecular complexity index is 612. The summed E-state index contributed by atoms with van der Waals surface area (Å²) < 4.78 is 7.38. The van der Waals surface area contributed by atoms with Crippen LogP contribution in [0.3, 0.4) is 0 Å². The van der Waals surface area contributed by atoms with Crippen molar-refractivity contribution < 1.29 is 14.9 Å². The number of aliphatic imine (C=N–C) groups is 1. The van der Waals surface area contributed by atoms with Gasteiger partial charge in [0.1, 0.15) is 18.0 Å². The molecule has 4 atom stereocenters. The number of nitrogens with zero attached hydrogens (tertiary/aromatic N) is 4. The average molecular weight is 277 g/mol. The fourth-order valence-corrected chi connectivity index (χ4v) is 2.80. The van der Waals surface area contributed by atoms with E-state index in [-0.39, 0.29) is 6.61 Å². The molecule has 1 aromatic rings. The molecule has 1 aromatic heterocycles. The number of hydrogen-bond acceptors (Lipinski definition) is 7. The van der Waals surface area contributed by atoms with Crippen molar-refractivity contribution in [2.24, 2.45) is 10.7 Å². The fourth-order valence-electron chi connectivity index (χ4n) is 2.80. The monoisotopic (exact) mass is 277 g/mol. The minimum Gasteiger partial charge on any atom is -0.394 e. The molecule has 4 heterocycles. The van der Waals surface area contributed by atoms with Crippen LogP contribution in [0.5, 0.6) is 0 Å². The molecular weight excluding hydrogens is 262 g/mol. The van der Waals surface area contributed by atoms with Crippen LogP contribution in [-0.2, 0) is 10.4 Å². The summed E-state index contributed by atoms with van der Waals surface area (Å²) in [5, 5.41) is 19.0. The van der Waals surface area contributed by atoms with Crippen molar-refractivity contribution in [3.63, 3.8) is 0 Å². The SMILES string of the molecule is NC12C=CN1C=Nc1c2ncn1[C@H]1C[C@H](O)[C@@H](CO)O1. The zero-order valence-corrected chi connectivity index (χ0v) is 10.6. The Morgan fingerprint density at radius 2 is 2.40 bits per heavy atom. The van der Waals surface area contributed by atoms with E-state index in [1.54, 1.807) is 22.1 Å². The largest absolute Gasteiger partial charge is 0.394 e. The first kappa shape index (κ1) is 12.0. The second-order valence-corrected chi connectivity index (χ2v) is 5.23. The number of fused-ring (bicyclic) bond motifs is 3. The van der Waals surface area contributed by atoms with Crippen LogP contribution < -0.4 is 5.73 Å². The van der Waals surface area contributed by atoms with Crippen LogP contribution in [0, 0.1) is 0 Å². The number of rotatable bonds is 2. The predicted octanol–water partition coefficient (Wildman–Crippen LogP) is -0.862. The third-order valence-electron chi connectivity index (χ3n) is 4.06. The maximum absolute atomic E-state index is 9.82. The van der Waals surface area contributed by atoms with Crippen LogP contribution in [0.15, 0.2) is 23.6 Å². The lowest BCUT2D eigenvalue weighted by Gasteiger charge is -2.43. The summed E-state index contributed by atoms with van der Waals surface area (Å²) in [5.74, 6) is 0.629. The zero-order chi connectivity index (χ0) is 13.9. The van der Waals surface area contributed by atoms with E-state index in [1.165, 1.54) is 0 Å². The molecule has 1 unspecified atom stereocenters. The molecule has 0 spiro atoms. The molecule has 1 saturated heterocycles. The van der Waals surface area contributed by atoms with Gasteiger partial charge >= 0.3 is 0 Å². The Kier molecular flexibility index (Phi) is 2.34. The smallest absolute Gasteiger partial charge is 0.163 e. The Morgan fingerprint density at radius 1 is 1.55 bits per heavy atom. The van der Waals surface area contributed by atoms with E-state index >= 15 is 0 Å². The molecule has 20 heavy (non-hydrogen) atoms. The molecule has 0 amide bonds. The lowest BCUT2D eigenvalue weighted by molar-refractivity contribution is -0.0438. The van der Waals surface area contributed by atoms with Crippen LogP contribution in [0.1, 0.15) is 18.3 Å². The highest BCUT2D eigenvalue weighted by Crippen LogP contribution is 2.42. The molecule has 4 rings (SSSR count). The molecule has 106 valence electrons. The van der Waals surface area contributed by atoms with Crippen molar-refractivity contribution in [1.82, 2.24) is 14.5 Å². The molecule has 0 aromatic carbocycles. The molecule has 8 heteroatoms. The minimum atomic E-state index is -0.740. The van der Waals surface area contributed by atoms with E-state index in [9.17, 15) is 5.11 Å². The van der Waals surface area contributed by atoms with Gasteiger partial charge in [-0.3, -0.25) is 10.3 Å². The number of aromatic nitrogens is 2. The summed E-state index contributed by atoms with van der Waals surface area (Å²) in [5.41, 5.74) is 6.17. The van der Waals surface area contributed by atoms with Gasteiger partial charge in [-0.2, -0.15) is 0 Å². The molecule has 8 nitrogen and oxygen atoms in total. The van der Waals surface area contributed by atoms with Gasteiger partial charge in [-0.25, -0.2) is 9.98 Å². The molecule has 3 aliphatic heterocycles. The standard InChI is InChI=1S/C12H15N5O3/c13-12-1-2-16(12)5-15-11-10(12)14-6-17(11)9-3-7(19)8(4-18)20-9/h1-2,5-9,18-19H,3-4,13H2/t7-,8+,9+,12?/m0/s1. The van der Waals surface area contributed by atoms with E-state index in [0.29, 0.717) is 17.9 Å². The molecule has 1 fully saturated rings. The number of hydrogen-bond donors (Lipinski definition) is 3. The van der Waals surface area contributed by atoms with Gasteiger partial charge in [0.2, 0.25) is 0 Å². The predicted molar refractivity (Wildman–Crippen MR) is 68.8 cm³/mol. The van der Waals surface area contributed by atoms with E-state index in [4.69, 9.17) is 15.6 Å². The maximum atomic E-state index is 9.82. The Hall–Kier alpha value is -1.74. The van der Waals surface area contributed by atoms with Crippen molar-refractivity contribution in [2.45, 2.75) is 30.5 Å². The van der Waals surface area contributed by atoms with Gasteiger partial charge < -0.3 is 19.8 Å². The fraction of sp³-hybridized carbons (Fsp3) is 0.500. The summed E-state index contributed by atoms with van der Waals surface area (Å²) in [6.07, 6.45) is 5.69. The average Bonchev–Trinajstić information content (AvgIpc) is 2.99. The van der Waals surface area contributed by atoms with Crippen molar-refractivity contribution >= 4 is 12.2 Å². The number of imidazole rings is 1. The van der Waals surface area contributed by atoms with Gasteiger partial charge in [0.05, 0.1) is 25.4 Å².